The van der Waals surface area contributed by atoms with Gasteiger partial charge in [0.2, 0.25) is 5.91 Å². The molecule has 1 amide bonds. The number of hydrogen-bond acceptors (Lipinski definition) is 2. The van der Waals surface area contributed by atoms with Crippen LogP contribution in [0, 0.1) is 5.82 Å². The van der Waals surface area contributed by atoms with E-state index in [1.165, 1.54) is 12.1 Å². The Morgan fingerprint density at radius 3 is 2.47 bits per heavy atom. The predicted molar refractivity (Wildman–Crippen MR) is 68.2 cm³/mol. The smallest absolute Gasteiger partial charge is 0.219 e. The van der Waals surface area contributed by atoms with Crippen molar-refractivity contribution in [2.24, 2.45) is 0 Å². The van der Waals surface area contributed by atoms with Crippen LogP contribution in [-0.2, 0) is 4.79 Å². The first-order chi connectivity index (χ1) is 8.04. The maximum Gasteiger partial charge on any atom is 0.219 e. The molecule has 94 valence electrons. The standard InChI is InChI=1S/C11H13Cl2FN2O/c1-15-10(17)3-2-4-16-11-8(12)5-7(14)6-9(11)13/h5-6,16H,2-4H2,1H3,(H,15,17). The molecule has 0 aliphatic rings. The fourth-order valence-corrected chi connectivity index (χ4v) is 1.89. The van der Waals surface area contributed by atoms with Crippen molar-refractivity contribution in [3.63, 3.8) is 0 Å². The average Bonchev–Trinajstić information content (AvgIpc) is 2.26. The van der Waals surface area contributed by atoms with Crippen LogP contribution in [0.3, 0.4) is 0 Å². The van der Waals surface area contributed by atoms with E-state index >= 15 is 0 Å². The van der Waals surface area contributed by atoms with Crippen LogP contribution in [0.15, 0.2) is 12.1 Å². The highest BCUT2D eigenvalue weighted by Crippen LogP contribution is 2.31. The lowest BCUT2D eigenvalue weighted by Gasteiger charge is -2.10. The van der Waals surface area contributed by atoms with Crippen LogP contribution in [0.5, 0.6) is 0 Å². The third-order valence-corrected chi connectivity index (χ3v) is 2.76. The highest BCUT2D eigenvalue weighted by atomic mass is 35.5. The molecule has 0 saturated heterocycles. The van der Waals surface area contributed by atoms with Gasteiger partial charge in [-0.2, -0.15) is 0 Å². The highest BCUT2D eigenvalue weighted by Gasteiger charge is 2.07. The molecule has 1 rings (SSSR count). The van der Waals surface area contributed by atoms with Crippen molar-refractivity contribution in [3.05, 3.63) is 28.0 Å². The van der Waals surface area contributed by atoms with E-state index in [1.54, 1.807) is 7.05 Å². The highest BCUT2D eigenvalue weighted by molar-refractivity contribution is 6.39. The Morgan fingerprint density at radius 1 is 1.35 bits per heavy atom. The summed E-state index contributed by atoms with van der Waals surface area (Å²) in [6.07, 6.45) is 1.06. The van der Waals surface area contributed by atoms with Gasteiger partial charge in [-0.3, -0.25) is 4.79 Å². The number of halogens is 3. The largest absolute Gasteiger partial charge is 0.383 e. The van der Waals surface area contributed by atoms with E-state index in [9.17, 15) is 9.18 Å². The van der Waals surface area contributed by atoms with Gasteiger partial charge in [-0.25, -0.2) is 4.39 Å². The molecule has 0 radical (unpaired) electrons. The van der Waals surface area contributed by atoms with Gasteiger partial charge in [-0.15, -0.1) is 0 Å². The van der Waals surface area contributed by atoms with Crippen LogP contribution in [0.4, 0.5) is 10.1 Å². The second kappa shape index (κ2) is 6.67. The third kappa shape index (κ3) is 4.40. The molecule has 0 atom stereocenters. The second-order valence-corrected chi connectivity index (χ2v) is 4.26. The molecule has 0 aliphatic heterocycles. The molecule has 3 nitrogen and oxygen atoms in total. The first-order valence-electron chi connectivity index (χ1n) is 5.13. The number of amides is 1. The maximum atomic E-state index is 12.9. The fraction of sp³-hybridized carbons (Fsp3) is 0.364. The van der Waals surface area contributed by atoms with Gasteiger partial charge in [0.05, 0.1) is 15.7 Å². The Kier molecular flexibility index (Phi) is 5.51. The summed E-state index contributed by atoms with van der Waals surface area (Å²) in [5.41, 5.74) is 0.492. The van der Waals surface area contributed by atoms with Gasteiger partial charge in [-0.1, -0.05) is 23.2 Å². The molecule has 0 bridgehead atoms. The first-order valence-corrected chi connectivity index (χ1v) is 5.89. The van der Waals surface area contributed by atoms with E-state index in [4.69, 9.17) is 23.2 Å². The minimum absolute atomic E-state index is 0.0249. The van der Waals surface area contributed by atoms with Crippen molar-refractivity contribution in [1.29, 1.82) is 0 Å². The van der Waals surface area contributed by atoms with Crippen LogP contribution in [0.25, 0.3) is 0 Å². The van der Waals surface area contributed by atoms with Gasteiger partial charge in [0.25, 0.3) is 0 Å². The van der Waals surface area contributed by atoms with Crippen molar-refractivity contribution in [1.82, 2.24) is 5.32 Å². The van der Waals surface area contributed by atoms with E-state index in [0.717, 1.165) is 0 Å². The summed E-state index contributed by atoms with van der Waals surface area (Å²) in [6.45, 7) is 0.540. The predicted octanol–water partition coefficient (Wildman–Crippen LogP) is 3.07. The number of carbonyl (C=O) groups is 1. The summed E-state index contributed by atoms with van der Waals surface area (Å²) in [4.78, 5) is 11.0. The topological polar surface area (TPSA) is 41.1 Å². The molecule has 1 aromatic rings. The van der Waals surface area contributed by atoms with Crippen LogP contribution >= 0.6 is 23.2 Å². The molecule has 6 heteroatoms. The Labute approximate surface area is 109 Å². The van der Waals surface area contributed by atoms with E-state index in [2.05, 4.69) is 10.6 Å². The van der Waals surface area contributed by atoms with Gasteiger partial charge in [0, 0.05) is 20.0 Å². The summed E-state index contributed by atoms with van der Waals surface area (Å²) >= 11 is 11.7. The van der Waals surface area contributed by atoms with E-state index in [1.807, 2.05) is 0 Å². The third-order valence-electron chi connectivity index (χ3n) is 2.17. The summed E-state index contributed by atoms with van der Waals surface area (Å²) in [5.74, 6) is -0.501. The lowest BCUT2D eigenvalue weighted by Crippen LogP contribution is -2.18. The van der Waals surface area contributed by atoms with E-state index in [0.29, 0.717) is 25.1 Å². The van der Waals surface area contributed by atoms with Crippen LogP contribution < -0.4 is 10.6 Å². The molecule has 2 N–H and O–H groups in total. The molecule has 0 unspecified atom stereocenters. The Morgan fingerprint density at radius 2 is 1.94 bits per heavy atom. The number of rotatable bonds is 5. The molecule has 17 heavy (non-hydrogen) atoms. The lowest BCUT2D eigenvalue weighted by atomic mass is 10.2. The van der Waals surface area contributed by atoms with E-state index in [-0.39, 0.29) is 16.0 Å². The molecule has 0 heterocycles. The monoisotopic (exact) mass is 278 g/mol. The molecule has 0 saturated carbocycles. The van der Waals surface area contributed by atoms with Crippen molar-refractivity contribution < 1.29 is 9.18 Å². The molecule has 0 aliphatic carbocycles. The Balaban J connectivity index is 2.50. The van der Waals surface area contributed by atoms with E-state index < -0.39 is 5.82 Å². The lowest BCUT2D eigenvalue weighted by molar-refractivity contribution is -0.120. The van der Waals surface area contributed by atoms with Crippen molar-refractivity contribution in [2.45, 2.75) is 12.8 Å². The zero-order valence-corrected chi connectivity index (χ0v) is 10.8. The molecule has 0 fully saturated rings. The number of benzene rings is 1. The first kappa shape index (κ1) is 14.1. The zero-order chi connectivity index (χ0) is 12.8. The normalized spacial score (nSPS) is 10.1. The summed E-state index contributed by atoms with van der Waals surface area (Å²) in [5, 5.41) is 5.97. The number of hydrogen-bond donors (Lipinski definition) is 2. The number of nitrogens with one attached hydrogen (secondary N) is 2. The summed E-state index contributed by atoms with van der Waals surface area (Å²) < 4.78 is 12.9. The van der Waals surface area contributed by atoms with Crippen LogP contribution in [-0.4, -0.2) is 19.5 Å². The zero-order valence-electron chi connectivity index (χ0n) is 9.32. The maximum absolute atomic E-state index is 12.9. The fourth-order valence-electron chi connectivity index (χ4n) is 1.30. The van der Waals surface area contributed by atoms with Gasteiger partial charge < -0.3 is 10.6 Å². The van der Waals surface area contributed by atoms with Gasteiger partial charge in [0.15, 0.2) is 0 Å². The van der Waals surface area contributed by atoms with Crippen molar-refractivity contribution in [2.75, 3.05) is 18.9 Å². The van der Waals surface area contributed by atoms with Crippen molar-refractivity contribution >= 4 is 34.8 Å². The Hall–Kier alpha value is -1.00. The second-order valence-electron chi connectivity index (χ2n) is 3.45. The van der Waals surface area contributed by atoms with Gasteiger partial charge in [0.1, 0.15) is 5.82 Å². The van der Waals surface area contributed by atoms with Gasteiger partial charge in [-0.05, 0) is 18.6 Å². The SMILES string of the molecule is CNC(=O)CCCNc1c(Cl)cc(F)cc1Cl. The Bertz CT molecular complexity index is 389. The minimum Gasteiger partial charge on any atom is -0.383 e. The minimum atomic E-state index is -0.476. The quantitative estimate of drug-likeness (QED) is 0.813. The molecule has 1 aromatic carbocycles. The van der Waals surface area contributed by atoms with Crippen LogP contribution in [0.1, 0.15) is 12.8 Å². The summed E-state index contributed by atoms with van der Waals surface area (Å²) in [6, 6.07) is 2.38. The molecular formula is C11H13Cl2FN2O. The molecule has 0 aromatic heterocycles. The average molecular weight is 279 g/mol. The van der Waals surface area contributed by atoms with Crippen molar-refractivity contribution in [3.8, 4) is 0 Å². The number of carbonyl (C=O) groups excluding carboxylic acids is 1. The van der Waals surface area contributed by atoms with Crippen LogP contribution in [0.2, 0.25) is 10.0 Å². The summed E-state index contributed by atoms with van der Waals surface area (Å²) in [7, 11) is 1.59. The molecular weight excluding hydrogens is 266 g/mol. The number of anilines is 1. The van der Waals surface area contributed by atoms with Gasteiger partial charge >= 0.3 is 0 Å². The molecule has 0 spiro atoms.